The molecule has 1 aromatic carbocycles. The summed E-state index contributed by atoms with van der Waals surface area (Å²) in [6.45, 7) is 0. The summed E-state index contributed by atoms with van der Waals surface area (Å²) in [6.07, 6.45) is 1.78. The number of thiophene rings is 1. The predicted molar refractivity (Wildman–Crippen MR) is 75.7 cm³/mol. The lowest BCUT2D eigenvalue weighted by molar-refractivity contribution is 0.384. The molecule has 102 valence electrons. The van der Waals surface area contributed by atoms with Crippen molar-refractivity contribution in [3.63, 3.8) is 0 Å². The van der Waals surface area contributed by atoms with Crippen molar-refractivity contribution in [2.75, 3.05) is 7.11 Å². The SMILES string of the molecule is COc1cc(C(CCc2ccsc2)NN)ccc1F. The molecule has 0 saturated heterocycles. The fourth-order valence-electron chi connectivity index (χ4n) is 1.99. The van der Waals surface area contributed by atoms with Gasteiger partial charge >= 0.3 is 0 Å². The van der Waals surface area contributed by atoms with Crippen LogP contribution in [0.2, 0.25) is 0 Å². The number of methoxy groups -OCH3 is 1. The van der Waals surface area contributed by atoms with Gasteiger partial charge in [0.05, 0.1) is 7.11 Å². The molecule has 19 heavy (non-hydrogen) atoms. The lowest BCUT2D eigenvalue weighted by Crippen LogP contribution is -2.28. The molecule has 0 radical (unpaired) electrons. The summed E-state index contributed by atoms with van der Waals surface area (Å²) in [5.41, 5.74) is 4.99. The predicted octanol–water partition coefficient (Wildman–Crippen LogP) is 3.03. The van der Waals surface area contributed by atoms with Crippen LogP contribution in [0.15, 0.2) is 35.0 Å². The van der Waals surface area contributed by atoms with E-state index >= 15 is 0 Å². The molecule has 0 saturated carbocycles. The minimum Gasteiger partial charge on any atom is -0.494 e. The second-order valence-corrected chi connectivity index (χ2v) is 5.06. The number of aryl methyl sites for hydroxylation is 1. The molecule has 0 aliphatic heterocycles. The lowest BCUT2D eigenvalue weighted by Gasteiger charge is -2.17. The minimum atomic E-state index is -0.361. The van der Waals surface area contributed by atoms with Gasteiger partial charge in [0.15, 0.2) is 11.6 Å². The Bertz CT molecular complexity index is 516. The molecule has 0 aliphatic carbocycles. The Morgan fingerprint density at radius 3 is 2.89 bits per heavy atom. The van der Waals surface area contributed by atoms with E-state index in [9.17, 15) is 4.39 Å². The summed E-state index contributed by atoms with van der Waals surface area (Å²) in [5.74, 6) is 5.47. The highest BCUT2D eigenvalue weighted by atomic mass is 32.1. The van der Waals surface area contributed by atoms with Gasteiger partial charge in [-0.05, 0) is 52.9 Å². The molecular formula is C14H17FN2OS. The third-order valence-corrected chi connectivity index (χ3v) is 3.81. The number of nitrogens with two attached hydrogens (primary N) is 1. The third kappa shape index (κ3) is 3.53. The van der Waals surface area contributed by atoms with E-state index in [2.05, 4.69) is 22.3 Å². The maximum atomic E-state index is 13.4. The topological polar surface area (TPSA) is 47.3 Å². The van der Waals surface area contributed by atoms with Crippen molar-refractivity contribution in [2.45, 2.75) is 18.9 Å². The molecule has 0 aliphatic rings. The Balaban J connectivity index is 2.08. The molecular weight excluding hydrogens is 263 g/mol. The van der Waals surface area contributed by atoms with E-state index < -0.39 is 0 Å². The largest absolute Gasteiger partial charge is 0.494 e. The van der Waals surface area contributed by atoms with Crippen LogP contribution in [-0.4, -0.2) is 7.11 Å². The maximum Gasteiger partial charge on any atom is 0.165 e. The fourth-order valence-corrected chi connectivity index (χ4v) is 2.69. The fraction of sp³-hybridized carbons (Fsp3) is 0.286. The molecule has 0 fully saturated rings. The Morgan fingerprint density at radius 1 is 1.42 bits per heavy atom. The average molecular weight is 280 g/mol. The van der Waals surface area contributed by atoms with E-state index in [1.54, 1.807) is 23.5 Å². The smallest absolute Gasteiger partial charge is 0.165 e. The van der Waals surface area contributed by atoms with Crippen LogP contribution in [0.1, 0.15) is 23.6 Å². The second-order valence-electron chi connectivity index (χ2n) is 4.28. The third-order valence-electron chi connectivity index (χ3n) is 3.08. The number of hydrogen-bond donors (Lipinski definition) is 2. The zero-order valence-corrected chi connectivity index (χ0v) is 11.5. The van der Waals surface area contributed by atoms with Gasteiger partial charge < -0.3 is 4.74 Å². The molecule has 3 N–H and O–H groups in total. The number of nitrogens with one attached hydrogen (secondary N) is 1. The van der Waals surface area contributed by atoms with Crippen LogP contribution >= 0.6 is 11.3 Å². The summed E-state index contributed by atoms with van der Waals surface area (Å²) < 4.78 is 18.4. The highest BCUT2D eigenvalue weighted by Gasteiger charge is 2.13. The van der Waals surface area contributed by atoms with Gasteiger partial charge in [-0.2, -0.15) is 11.3 Å². The molecule has 1 heterocycles. The van der Waals surface area contributed by atoms with Crippen LogP contribution in [0.25, 0.3) is 0 Å². The highest BCUT2D eigenvalue weighted by Crippen LogP contribution is 2.25. The zero-order valence-electron chi connectivity index (χ0n) is 10.7. The van der Waals surface area contributed by atoms with Crippen molar-refractivity contribution < 1.29 is 9.13 Å². The number of hydrazine groups is 1. The molecule has 0 amide bonds. The maximum absolute atomic E-state index is 13.4. The van der Waals surface area contributed by atoms with E-state index in [-0.39, 0.29) is 17.6 Å². The van der Waals surface area contributed by atoms with Gasteiger partial charge in [-0.3, -0.25) is 11.3 Å². The number of hydrogen-bond acceptors (Lipinski definition) is 4. The van der Waals surface area contributed by atoms with Crippen LogP contribution in [0.4, 0.5) is 4.39 Å². The highest BCUT2D eigenvalue weighted by molar-refractivity contribution is 7.07. The number of ether oxygens (including phenoxy) is 1. The quantitative estimate of drug-likeness (QED) is 0.631. The van der Waals surface area contributed by atoms with E-state index in [1.807, 2.05) is 0 Å². The van der Waals surface area contributed by atoms with E-state index in [0.717, 1.165) is 18.4 Å². The number of rotatable bonds is 6. The Labute approximate surface area is 116 Å². The molecule has 0 bridgehead atoms. The zero-order chi connectivity index (χ0) is 13.7. The standard InChI is InChI=1S/C14H17FN2OS/c1-18-14-8-11(3-4-12(14)15)13(17-16)5-2-10-6-7-19-9-10/h3-4,6-9,13,17H,2,5,16H2,1H3. The Morgan fingerprint density at radius 2 is 2.26 bits per heavy atom. The Kier molecular flexibility index (Phi) is 4.90. The molecule has 1 aromatic heterocycles. The van der Waals surface area contributed by atoms with Gasteiger partial charge in [-0.15, -0.1) is 0 Å². The molecule has 5 heteroatoms. The summed E-state index contributed by atoms with van der Waals surface area (Å²) in [4.78, 5) is 0. The summed E-state index contributed by atoms with van der Waals surface area (Å²) in [5, 5.41) is 4.18. The first kappa shape index (κ1) is 14.0. The first-order valence-electron chi connectivity index (χ1n) is 6.05. The number of benzene rings is 1. The van der Waals surface area contributed by atoms with Gasteiger partial charge in [0.1, 0.15) is 0 Å². The van der Waals surface area contributed by atoms with Crippen LogP contribution in [0.5, 0.6) is 5.75 Å². The van der Waals surface area contributed by atoms with Crippen molar-refractivity contribution in [3.05, 3.63) is 52.0 Å². The van der Waals surface area contributed by atoms with Crippen molar-refractivity contribution in [2.24, 2.45) is 5.84 Å². The molecule has 0 spiro atoms. The van der Waals surface area contributed by atoms with E-state index in [0.29, 0.717) is 0 Å². The number of halogens is 1. The van der Waals surface area contributed by atoms with E-state index in [4.69, 9.17) is 10.6 Å². The first-order chi connectivity index (χ1) is 9.24. The summed E-state index contributed by atoms with van der Waals surface area (Å²) in [6, 6.07) is 6.91. The minimum absolute atomic E-state index is 0.0191. The van der Waals surface area contributed by atoms with Gasteiger partial charge in [0.2, 0.25) is 0 Å². The summed E-state index contributed by atoms with van der Waals surface area (Å²) >= 11 is 1.68. The van der Waals surface area contributed by atoms with Gasteiger partial charge in [-0.25, -0.2) is 4.39 Å². The Hall–Kier alpha value is -1.43. The molecule has 2 rings (SSSR count). The van der Waals surface area contributed by atoms with Gasteiger partial charge in [0.25, 0.3) is 0 Å². The normalized spacial score (nSPS) is 12.4. The molecule has 1 unspecified atom stereocenters. The van der Waals surface area contributed by atoms with Crippen molar-refractivity contribution >= 4 is 11.3 Å². The molecule has 2 aromatic rings. The van der Waals surface area contributed by atoms with Crippen molar-refractivity contribution in [1.29, 1.82) is 0 Å². The molecule has 1 atom stereocenters. The first-order valence-corrected chi connectivity index (χ1v) is 6.99. The van der Waals surface area contributed by atoms with Crippen molar-refractivity contribution in [1.82, 2.24) is 5.43 Å². The monoisotopic (exact) mass is 280 g/mol. The van der Waals surface area contributed by atoms with Crippen LogP contribution in [0, 0.1) is 5.82 Å². The van der Waals surface area contributed by atoms with Crippen molar-refractivity contribution in [3.8, 4) is 5.75 Å². The lowest BCUT2D eigenvalue weighted by atomic mass is 10.0. The van der Waals surface area contributed by atoms with Crippen LogP contribution < -0.4 is 16.0 Å². The second kappa shape index (κ2) is 6.65. The average Bonchev–Trinajstić information content (AvgIpc) is 2.94. The van der Waals surface area contributed by atoms with Gasteiger partial charge in [-0.1, -0.05) is 6.07 Å². The van der Waals surface area contributed by atoms with Crippen LogP contribution in [-0.2, 0) is 6.42 Å². The molecule has 3 nitrogen and oxygen atoms in total. The van der Waals surface area contributed by atoms with E-state index in [1.165, 1.54) is 18.7 Å². The van der Waals surface area contributed by atoms with Crippen LogP contribution in [0.3, 0.4) is 0 Å². The van der Waals surface area contributed by atoms with Gasteiger partial charge in [0, 0.05) is 6.04 Å². The summed E-state index contributed by atoms with van der Waals surface area (Å²) in [7, 11) is 1.46.